The van der Waals surface area contributed by atoms with Crippen LogP contribution in [0.2, 0.25) is 0 Å². The molecule has 100 valence electrons. The number of benzene rings is 1. The van der Waals surface area contributed by atoms with E-state index in [1.54, 1.807) is 0 Å². The van der Waals surface area contributed by atoms with Crippen molar-refractivity contribution in [2.24, 2.45) is 9.98 Å². The SMILES string of the molecule is C=C(C)C1(N=C=NCc2ccccc2)CCCCC1. The van der Waals surface area contributed by atoms with Crippen molar-refractivity contribution in [2.45, 2.75) is 51.1 Å². The van der Waals surface area contributed by atoms with Crippen LogP contribution in [0, 0.1) is 0 Å². The van der Waals surface area contributed by atoms with Gasteiger partial charge in [0.05, 0.1) is 18.1 Å². The second-order valence-corrected chi connectivity index (χ2v) is 5.39. The van der Waals surface area contributed by atoms with Crippen molar-refractivity contribution in [1.29, 1.82) is 0 Å². The van der Waals surface area contributed by atoms with Crippen LogP contribution in [-0.2, 0) is 6.54 Å². The van der Waals surface area contributed by atoms with Gasteiger partial charge in [0, 0.05) is 0 Å². The van der Waals surface area contributed by atoms with Gasteiger partial charge >= 0.3 is 0 Å². The Balaban J connectivity index is 2.04. The van der Waals surface area contributed by atoms with E-state index < -0.39 is 0 Å². The van der Waals surface area contributed by atoms with Crippen LogP contribution in [0.3, 0.4) is 0 Å². The first-order valence-electron chi connectivity index (χ1n) is 7.06. The van der Waals surface area contributed by atoms with Crippen molar-refractivity contribution in [3.05, 3.63) is 48.0 Å². The fraction of sp³-hybridized carbons (Fsp3) is 0.471. The summed E-state index contributed by atoms with van der Waals surface area (Å²) >= 11 is 0. The molecule has 1 aliphatic carbocycles. The van der Waals surface area contributed by atoms with Crippen LogP contribution >= 0.6 is 0 Å². The van der Waals surface area contributed by atoms with E-state index in [1.165, 1.54) is 24.8 Å². The molecule has 2 rings (SSSR count). The molecule has 2 heteroatoms. The maximum atomic E-state index is 4.61. The van der Waals surface area contributed by atoms with Gasteiger partial charge in [0.15, 0.2) is 0 Å². The summed E-state index contributed by atoms with van der Waals surface area (Å²) in [6, 6.07) is 13.1. The molecule has 1 fully saturated rings. The smallest absolute Gasteiger partial charge is 0.0921 e. The Kier molecular flexibility index (Phi) is 4.70. The third kappa shape index (κ3) is 3.65. The lowest BCUT2D eigenvalue weighted by Crippen LogP contribution is -2.30. The maximum Gasteiger partial charge on any atom is 0.0921 e. The largest absolute Gasteiger partial charge is 0.221 e. The second kappa shape index (κ2) is 6.49. The van der Waals surface area contributed by atoms with Gasteiger partial charge in [0.2, 0.25) is 0 Å². The van der Waals surface area contributed by atoms with Gasteiger partial charge in [-0.15, -0.1) is 0 Å². The van der Waals surface area contributed by atoms with Crippen LogP contribution < -0.4 is 0 Å². The van der Waals surface area contributed by atoms with E-state index in [0.717, 1.165) is 18.4 Å². The molecule has 0 radical (unpaired) electrons. The van der Waals surface area contributed by atoms with E-state index in [0.29, 0.717) is 6.54 Å². The zero-order chi connectivity index (χ0) is 13.6. The molecule has 0 spiro atoms. The maximum absolute atomic E-state index is 4.61. The number of nitrogens with zero attached hydrogens (tertiary/aromatic N) is 2. The Morgan fingerprint density at radius 3 is 2.53 bits per heavy atom. The van der Waals surface area contributed by atoms with Crippen molar-refractivity contribution in [3.63, 3.8) is 0 Å². The summed E-state index contributed by atoms with van der Waals surface area (Å²) < 4.78 is 0. The average molecular weight is 254 g/mol. The summed E-state index contributed by atoms with van der Waals surface area (Å²) in [4.78, 5) is 8.92. The minimum atomic E-state index is -0.0988. The quantitative estimate of drug-likeness (QED) is 0.552. The number of hydrogen-bond acceptors (Lipinski definition) is 2. The van der Waals surface area contributed by atoms with Crippen LogP contribution in [-0.4, -0.2) is 11.5 Å². The number of rotatable bonds is 4. The van der Waals surface area contributed by atoms with E-state index >= 15 is 0 Å². The Morgan fingerprint density at radius 2 is 1.89 bits per heavy atom. The molecule has 19 heavy (non-hydrogen) atoms. The summed E-state index contributed by atoms with van der Waals surface area (Å²) in [6.45, 7) is 6.84. The highest BCUT2D eigenvalue weighted by atomic mass is 14.9. The summed E-state index contributed by atoms with van der Waals surface area (Å²) in [6.07, 6.45) is 5.96. The van der Waals surface area contributed by atoms with E-state index in [1.807, 2.05) is 18.2 Å². The van der Waals surface area contributed by atoms with E-state index in [-0.39, 0.29) is 5.54 Å². The zero-order valence-electron chi connectivity index (χ0n) is 11.7. The Bertz CT molecular complexity index is 475. The minimum absolute atomic E-state index is 0.0988. The topological polar surface area (TPSA) is 24.7 Å². The monoisotopic (exact) mass is 254 g/mol. The lowest BCUT2D eigenvalue weighted by molar-refractivity contribution is 0.346. The van der Waals surface area contributed by atoms with Gasteiger partial charge in [-0.05, 0) is 25.3 Å². The standard InChI is InChI=1S/C17H22N2/c1-15(2)17(11-7-4-8-12-17)19-14-18-13-16-9-5-3-6-10-16/h3,5-6,9-10H,1,4,7-8,11-13H2,2H3. The van der Waals surface area contributed by atoms with Crippen LogP contribution in [0.1, 0.15) is 44.6 Å². The first-order chi connectivity index (χ1) is 9.23. The molecule has 0 N–H and O–H groups in total. The third-order valence-corrected chi connectivity index (χ3v) is 3.91. The van der Waals surface area contributed by atoms with E-state index in [2.05, 4.69) is 41.6 Å². The van der Waals surface area contributed by atoms with Gasteiger partial charge in [-0.25, -0.2) is 9.98 Å². The van der Waals surface area contributed by atoms with Gasteiger partial charge in [0.25, 0.3) is 0 Å². The van der Waals surface area contributed by atoms with Gasteiger partial charge in [0.1, 0.15) is 0 Å². The van der Waals surface area contributed by atoms with Crippen molar-refractivity contribution in [3.8, 4) is 0 Å². The lowest BCUT2D eigenvalue weighted by Gasteiger charge is -2.32. The highest BCUT2D eigenvalue weighted by molar-refractivity contribution is 5.44. The van der Waals surface area contributed by atoms with Crippen molar-refractivity contribution < 1.29 is 0 Å². The minimum Gasteiger partial charge on any atom is -0.221 e. The molecule has 1 aliphatic rings. The first kappa shape index (κ1) is 13.8. The molecule has 1 aromatic carbocycles. The Morgan fingerprint density at radius 1 is 1.21 bits per heavy atom. The second-order valence-electron chi connectivity index (χ2n) is 5.39. The molecule has 0 aromatic heterocycles. The molecule has 0 heterocycles. The third-order valence-electron chi connectivity index (χ3n) is 3.91. The van der Waals surface area contributed by atoms with Crippen LogP contribution in [0.5, 0.6) is 0 Å². The molecule has 0 saturated heterocycles. The number of aliphatic imine (C=N–C) groups is 2. The highest BCUT2D eigenvalue weighted by Crippen LogP contribution is 2.36. The van der Waals surface area contributed by atoms with Crippen LogP contribution in [0.15, 0.2) is 52.5 Å². The highest BCUT2D eigenvalue weighted by Gasteiger charge is 2.31. The molecular weight excluding hydrogens is 232 g/mol. The molecule has 0 aliphatic heterocycles. The molecule has 1 aromatic rings. The van der Waals surface area contributed by atoms with Crippen LogP contribution in [0.25, 0.3) is 0 Å². The molecule has 1 saturated carbocycles. The molecule has 0 bridgehead atoms. The predicted molar refractivity (Wildman–Crippen MR) is 80.6 cm³/mol. The van der Waals surface area contributed by atoms with Gasteiger partial charge in [-0.1, -0.05) is 61.7 Å². The molecular formula is C17H22N2. The Hall–Kier alpha value is -1.66. The van der Waals surface area contributed by atoms with Crippen LogP contribution in [0.4, 0.5) is 0 Å². The van der Waals surface area contributed by atoms with Gasteiger partial charge in [-0.3, -0.25) is 0 Å². The first-order valence-corrected chi connectivity index (χ1v) is 7.06. The van der Waals surface area contributed by atoms with Gasteiger partial charge in [-0.2, -0.15) is 0 Å². The molecule has 0 unspecified atom stereocenters. The lowest BCUT2D eigenvalue weighted by atomic mass is 9.78. The summed E-state index contributed by atoms with van der Waals surface area (Å²) in [5.74, 6) is 0. The summed E-state index contributed by atoms with van der Waals surface area (Å²) in [5, 5.41) is 0. The summed E-state index contributed by atoms with van der Waals surface area (Å²) in [5.41, 5.74) is 2.24. The summed E-state index contributed by atoms with van der Waals surface area (Å²) in [7, 11) is 0. The normalized spacial score (nSPS) is 17.3. The van der Waals surface area contributed by atoms with Crippen molar-refractivity contribution in [2.75, 3.05) is 0 Å². The predicted octanol–water partition coefficient (Wildman–Crippen LogP) is 4.64. The van der Waals surface area contributed by atoms with Gasteiger partial charge < -0.3 is 0 Å². The zero-order valence-corrected chi connectivity index (χ0v) is 11.7. The van der Waals surface area contributed by atoms with E-state index in [4.69, 9.17) is 0 Å². The van der Waals surface area contributed by atoms with E-state index in [9.17, 15) is 0 Å². The Labute approximate surface area is 116 Å². The van der Waals surface area contributed by atoms with Crippen molar-refractivity contribution in [1.82, 2.24) is 0 Å². The molecule has 2 nitrogen and oxygen atoms in total. The molecule has 0 amide bonds. The van der Waals surface area contributed by atoms with Crippen molar-refractivity contribution >= 4 is 6.01 Å². The molecule has 0 atom stereocenters. The fourth-order valence-electron chi connectivity index (χ4n) is 2.61. The average Bonchev–Trinajstić information content (AvgIpc) is 2.46. The number of hydrogen-bond donors (Lipinski definition) is 0. The fourth-order valence-corrected chi connectivity index (χ4v) is 2.61.